The lowest BCUT2D eigenvalue weighted by atomic mass is 9.44. The van der Waals surface area contributed by atoms with Crippen LogP contribution in [0.3, 0.4) is 0 Å². The van der Waals surface area contributed by atoms with E-state index in [9.17, 15) is 22.4 Å². The maximum Gasteiger partial charge on any atom is 0.416 e. The number of nitrogens with one attached hydrogen (secondary N) is 1. The Morgan fingerprint density at radius 3 is 2.54 bits per heavy atom. The van der Waals surface area contributed by atoms with Crippen LogP contribution in [0.25, 0.3) is 0 Å². The van der Waals surface area contributed by atoms with Crippen molar-refractivity contribution in [2.75, 3.05) is 0 Å². The smallest absolute Gasteiger partial charge is 0.296 e. The van der Waals surface area contributed by atoms with Gasteiger partial charge in [-0.25, -0.2) is 4.39 Å². The molecule has 4 fully saturated rings. The van der Waals surface area contributed by atoms with Gasteiger partial charge in [0, 0.05) is 11.3 Å². The number of halogens is 4. The second-order valence-electron chi connectivity index (χ2n) is 12.8. The predicted octanol–water partition coefficient (Wildman–Crippen LogP) is 9.00. The molecule has 0 saturated heterocycles. The number of fused-ring (bicyclic) bond motifs is 5. The van der Waals surface area contributed by atoms with Gasteiger partial charge >= 0.3 is 6.18 Å². The van der Waals surface area contributed by atoms with Crippen LogP contribution in [-0.4, -0.2) is 12.1 Å². The highest BCUT2D eigenvalue weighted by Gasteiger charge is 2.60. The van der Waals surface area contributed by atoms with Crippen molar-refractivity contribution in [2.45, 2.75) is 108 Å². The summed E-state index contributed by atoms with van der Waals surface area (Å²) in [6.45, 7) is 4.90. The molecule has 8 atom stereocenters. The summed E-state index contributed by atoms with van der Waals surface area (Å²) in [5, 5.41) is 0. The minimum Gasteiger partial charge on any atom is -0.296 e. The molecule has 4 aliphatic carbocycles. The lowest BCUT2D eigenvalue weighted by Gasteiger charge is -2.61. The van der Waals surface area contributed by atoms with Crippen molar-refractivity contribution >= 4 is 17.9 Å². The van der Waals surface area contributed by atoms with E-state index in [0.29, 0.717) is 28.6 Å². The number of hydrogen-bond acceptors (Lipinski definition) is 2. The summed E-state index contributed by atoms with van der Waals surface area (Å²) in [5.74, 6) is 2.86. The van der Waals surface area contributed by atoms with Gasteiger partial charge in [0.15, 0.2) is 0 Å². The lowest BCUT2D eigenvalue weighted by molar-refractivity contribution is -0.137. The monoisotopic (exact) mass is 539 g/mol. The molecule has 7 unspecified atom stereocenters. The van der Waals surface area contributed by atoms with Crippen LogP contribution in [0.5, 0.6) is 0 Å². The molecule has 37 heavy (non-hydrogen) atoms. The van der Waals surface area contributed by atoms with Crippen molar-refractivity contribution in [3.05, 3.63) is 29.8 Å². The first-order valence-electron chi connectivity index (χ1n) is 14.3. The van der Waals surface area contributed by atoms with E-state index in [0.717, 1.165) is 68.0 Å². The Balaban J connectivity index is 1.13. The Bertz CT molecular complexity index is 985. The molecule has 0 bridgehead atoms. The van der Waals surface area contributed by atoms with Crippen LogP contribution < -0.4 is 4.72 Å². The van der Waals surface area contributed by atoms with E-state index in [2.05, 4.69) is 18.6 Å². The fourth-order valence-corrected chi connectivity index (χ4v) is 9.99. The van der Waals surface area contributed by atoms with E-state index < -0.39 is 17.9 Å². The molecule has 206 valence electrons. The zero-order chi connectivity index (χ0) is 26.4. The zero-order valence-corrected chi connectivity index (χ0v) is 22.9. The molecule has 0 radical (unpaired) electrons. The fourth-order valence-electron chi connectivity index (χ4n) is 9.32. The standard InChI is InChI=1S/C30H41F4NOS/c1-28-17-15-24-22(12-14-25-26(31)9-5-16-29(24,25)2)23(28)13-11-19(28)6-4-10-27(36)35-37-21-8-3-7-20(18-21)30(32,33)34/h3,7-8,18-19,22-26H,4-6,9-17H2,1-2H3,(H,35,36)/t19?,22?,23?,24?,25?,26?,28-,29?/m1/s1. The number of amides is 1. The van der Waals surface area contributed by atoms with Gasteiger partial charge in [-0.05, 0) is 141 Å². The minimum absolute atomic E-state index is 0.129. The van der Waals surface area contributed by atoms with E-state index >= 15 is 0 Å². The molecule has 0 spiro atoms. The molecule has 0 aromatic heterocycles. The van der Waals surface area contributed by atoms with E-state index in [1.54, 1.807) is 6.07 Å². The van der Waals surface area contributed by atoms with Crippen LogP contribution in [0, 0.1) is 40.4 Å². The number of carbonyl (C=O) groups is 1. The summed E-state index contributed by atoms with van der Waals surface area (Å²) >= 11 is 0.954. The van der Waals surface area contributed by atoms with Crippen LogP contribution in [0.4, 0.5) is 17.6 Å². The zero-order valence-electron chi connectivity index (χ0n) is 22.1. The van der Waals surface area contributed by atoms with Crippen LogP contribution in [0.15, 0.2) is 29.2 Å². The summed E-state index contributed by atoms with van der Waals surface area (Å²) in [6.07, 6.45) is 7.39. The highest BCUT2D eigenvalue weighted by molar-refractivity contribution is 7.98. The van der Waals surface area contributed by atoms with Gasteiger partial charge in [0.1, 0.15) is 6.17 Å². The molecule has 7 heteroatoms. The highest BCUT2D eigenvalue weighted by Crippen LogP contribution is 2.68. The highest BCUT2D eigenvalue weighted by atomic mass is 32.2. The number of hydrogen-bond donors (Lipinski definition) is 1. The van der Waals surface area contributed by atoms with Crippen molar-refractivity contribution in [1.29, 1.82) is 0 Å². The first-order valence-corrected chi connectivity index (χ1v) is 15.1. The van der Waals surface area contributed by atoms with E-state index in [1.807, 2.05) is 0 Å². The second-order valence-corrected chi connectivity index (χ2v) is 13.7. The van der Waals surface area contributed by atoms with Gasteiger partial charge in [0.2, 0.25) is 5.91 Å². The number of carbonyl (C=O) groups excluding carboxylic acids is 1. The Morgan fingerprint density at radius 2 is 1.76 bits per heavy atom. The van der Waals surface area contributed by atoms with Crippen LogP contribution in [0.2, 0.25) is 0 Å². The van der Waals surface area contributed by atoms with E-state index in [4.69, 9.17) is 0 Å². The average molecular weight is 540 g/mol. The van der Waals surface area contributed by atoms with Gasteiger partial charge in [0.05, 0.1) is 5.56 Å². The molecule has 4 aliphatic rings. The Morgan fingerprint density at radius 1 is 1.00 bits per heavy atom. The maximum atomic E-state index is 14.9. The Hall–Kier alpha value is -1.24. The van der Waals surface area contributed by atoms with E-state index in [-0.39, 0.29) is 17.2 Å². The molecule has 1 aromatic carbocycles. The number of benzene rings is 1. The van der Waals surface area contributed by atoms with Gasteiger partial charge in [-0.1, -0.05) is 19.9 Å². The summed E-state index contributed by atoms with van der Waals surface area (Å²) in [7, 11) is 0. The summed E-state index contributed by atoms with van der Waals surface area (Å²) < 4.78 is 56.3. The molecule has 2 nitrogen and oxygen atoms in total. The van der Waals surface area contributed by atoms with Gasteiger partial charge < -0.3 is 0 Å². The van der Waals surface area contributed by atoms with Crippen LogP contribution in [-0.2, 0) is 11.0 Å². The van der Waals surface area contributed by atoms with Crippen molar-refractivity contribution in [3.63, 3.8) is 0 Å². The lowest BCUT2D eigenvalue weighted by Crippen LogP contribution is -2.54. The molecule has 0 aliphatic heterocycles. The van der Waals surface area contributed by atoms with Crippen LogP contribution >= 0.6 is 11.9 Å². The molecule has 5 rings (SSSR count). The van der Waals surface area contributed by atoms with Crippen molar-refractivity contribution < 1.29 is 22.4 Å². The van der Waals surface area contributed by atoms with Crippen molar-refractivity contribution in [2.24, 2.45) is 40.4 Å². The largest absolute Gasteiger partial charge is 0.416 e. The summed E-state index contributed by atoms with van der Waals surface area (Å²) in [6, 6.07) is 5.04. The SMILES string of the molecule is CC12CCCC(F)C1CCC1C2CC[C@]2(C)C(CCCC(=O)NSc3cccc(C(F)(F)F)c3)CCC12. The van der Waals surface area contributed by atoms with E-state index in [1.165, 1.54) is 44.6 Å². The molecule has 1 N–H and O–H groups in total. The molecule has 1 amide bonds. The van der Waals surface area contributed by atoms with Gasteiger partial charge in [-0.3, -0.25) is 9.52 Å². The third kappa shape index (κ3) is 5.19. The normalized spacial score (nSPS) is 39.4. The van der Waals surface area contributed by atoms with Gasteiger partial charge in [-0.2, -0.15) is 13.2 Å². The molecule has 1 aromatic rings. The topological polar surface area (TPSA) is 29.1 Å². The molecular formula is C30H41F4NOS. The van der Waals surface area contributed by atoms with Gasteiger partial charge in [0.25, 0.3) is 0 Å². The fraction of sp³-hybridized carbons (Fsp3) is 0.767. The summed E-state index contributed by atoms with van der Waals surface area (Å²) in [5.41, 5.74) is -0.215. The van der Waals surface area contributed by atoms with Crippen molar-refractivity contribution in [1.82, 2.24) is 4.72 Å². The number of alkyl halides is 4. The third-order valence-electron chi connectivity index (χ3n) is 11.2. The quantitative estimate of drug-likeness (QED) is 0.289. The molecule has 4 saturated carbocycles. The summed E-state index contributed by atoms with van der Waals surface area (Å²) in [4.78, 5) is 12.8. The second kappa shape index (κ2) is 10.4. The maximum absolute atomic E-state index is 14.9. The molecular weight excluding hydrogens is 498 g/mol. The third-order valence-corrected chi connectivity index (χ3v) is 12.0. The molecule has 0 heterocycles. The van der Waals surface area contributed by atoms with Crippen molar-refractivity contribution in [3.8, 4) is 0 Å². The average Bonchev–Trinajstić information content (AvgIpc) is 3.18. The minimum atomic E-state index is -4.39. The number of rotatable bonds is 6. The van der Waals surface area contributed by atoms with Gasteiger partial charge in [-0.15, -0.1) is 0 Å². The first-order chi connectivity index (χ1) is 17.5. The Labute approximate surface area is 223 Å². The van der Waals surface area contributed by atoms with Crippen LogP contribution in [0.1, 0.15) is 96.5 Å². The first kappa shape index (κ1) is 27.3. The Kier molecular flexibility index (Phi) is 7.67. The predicted molar refractivity (Wildman–Crippen MR) is 139 cm³/mol.